The average molecular weight is 396 g/mol. The molecular weight excluding hydrogens is 372 g/mol. The Morgan fingerprint density at radius 2 is 2.31 bits per heavy atom. The molecule has 1 atom stereocenters. The van der Waals surface area contributed by atoms with E-state index < -0.39 is 0 Å². The highest BCUT2D eigenvalue weighted by Crippen LogP contribution is 2.33. The van der Waals surface area contributed by atoms with Crippen LogP contribution >= 0.6 is 0 Å². The molecule has 0 bridgehead atoms. The van der Waals surface area contributed by atoms with Crippen LogP contribution < -0.4 is 5.73 Å². The monoisotopic (exact) mass is 396 g/mol. The van der Waals surface area contributed by atoms with Gasteiger partial charge < -0.3 is 15.4 Å². The standard InChI is InChI=1S/C19H24N8O2/c1-3-15(28)25-6-4-5-14(11-25)27-19-16(18(20)21-12-22-19)17(24-27)13-9-23-26(10-13)7-8-29-2/h3,9-10,12,14H,1,4-8,11H2,2H3,(H2,20,21,22). The van der Waals surface area contributed by atoms with Gasteiger partial charge in [-0.2, -0.15) is 10.2 Å². The molecule has 1 unspecified atom stereocenters. The molecule has 10 nitrogen and oxygen atoms in total. The number of piperidine rings is 1. The van der Waals surface area contributed by atoms with E-state index in [0.29, 0.717) is 42.2 Å². The van der Waals surface area contributed by atoms with Crippen LogP contribution in [-0.2, 0) is 16.1 Å². The molecule has 3 aromatic heterocycles. The van der Waals surface area contributed by atoms with E-state index in [9.17, 15) is 4.79 Å². The maximum absolute atomic E-state index is 12.1. The Balaban J connectivity index is 1.74. The van der Waals surface area contributed by atoms with Crippen LogP contribution in [0.15, 0.2) is 31.4 Å². The number of amides is 1. The SMILES string of the molecule is C=CC(=O)N1CCCC(n2nc(-c3cnn(CCOC)c3)c3c(N)ncnc32)C1. The Morgan fingerprint density at radius 1 is 1.45 bits per heavy atom. The first kappa shape index (κ1) is 19.1. The molecule has 0 aromatic carbocycles. The number of rotatable bonds is 6. The number of nitrogens with two attached hydrogens (primary N) is 1. The van der Waals surface area contributed by atoms with Crippen LogP contribution in [0.25, 0.3) is 22.3 Å². The Morgan fingerprint density at radius 3 is 3.10 bits per heavy atom. The molecule has 152 valence electrons. The van der Waals surface area contributed by atoms with Gasteiger partial charge in [0, 0.05) is 32.0 Å². The van der Waals surface area contributed by atoms with Crippen LogP contribution in [-0.4, -0.2) is 67.1 Å². The van der Waals surface area contributed by atoms with Crippen LogP contribution in [0.1, 0.15) is 18.9 Å². The van der Waals surface area contributed by atoms with Gasteiger partial charge in [0.1, 0.15) is 17.8 Å². The summed E-state index contributed by atoms with van der Waals surface area (Å²) in [5.74, 6) is 0.302. The lowest BCUT2D eigenvalue weighted by Gasteiger charge is -2.32. The Labute approximate surface area is 168 Å². The minimum Gasteiger partial charge on any atom is -0.383 e. The Bertz CT molecular complexity index is 1040. The van der Waals surface area contributed by atoms with Crippen LogP contribution in [0.3, 0.4) is 0 Å². The summed E-state index contributed by atoms with van der Waals surface area (Å²) in [5, 5.41) is 9.92. The molecule has 0 aliphatic carbocycles. The molecule has 1 saturated heterocycles. The number of nitrogens with zero attached hydrogens (tertiary/aromatic N) is 7. The van der Waals surface area contributed by atoms with Crippen LogP contribution in [0.5, 0.6) is 0 Å². The van der Waals surface area contributed by atoms with Crippen molar-refractivity contribution in [3.63, 3.8) is 0 Å². The molecule has 1 aliphatic heterocycles. The lowest BCUT2D eigenvalue weighted by molar-refractivity contribution is -0.127. The maximum atomic E-state index is 12.1. The fraction of sp³-hybridized carbons (Fsp3) is 0.421. The fourth-order valence-corrected chi connectivity index (χ4v) is 3.73. The number of carbonyl (C=O) groups excluding carboxylic acids is 1. The van der Waals surface area contributed by atoms with Crippen molar-refractivity contribution in [3.05, 3.63) is 31.4 Å². The molecule has 0 saturated carbocycles. The van der Waals surface area contributed by atoms with Crippen LogP contribution in [0.2, 0.25) is 0 Å². The van der Waals surface area contributed by atoms with Crippen LogP contribution in [0, 0.1) is 0 Å². The predicted octanol–water partition coefficient (Wildman–Crippen LogP) is 1.27. The molecule has 3 aromatic rings. The zero-order valence-electron chi connectivity index (χ0n) is 16.4. The summed E-state index contributed by atoms with van der Waals surface area (Å²) in [4.78, 5) is 22.5. The summed E-state index contributed by atoms with van der Waals surface area (Å²) < 4.78 is 8.79. The van der Waals surface area contributed by atoms with Crippen molar-refractivity contribution < 1.29 is 9.53 Å². The van der Waals surface area contributed by atoms with E-state index in [1.807, 2.05) is 10.9 Å². The molecule has 4 rings (SSSR count). The van der Waals surface area contributed by atoms with Crippen molar-refractivity contribution in [2.45, 2.75) is 25.4 Å². The van der Waals surface area contributed by atoms with Gasteiger partial charge >= 0.3 is 0 Å². The van der Waals surface area contributed by atoms with E-state index in [0.717, 1.165) is 24.9 Å². The molecule has 10 heteroatoms. The summed E-state index contributed by atoms with van der Waals surface area (Å²) in [6.45, 7) is 6.07. The second kappa shape index (κ2) is 8.00. The van der Waals surface area contributed by atoms with Crippen molar-refractivity contribution in [2.24, 2.45) is 0 Å². The van der Waals surface area contributed by atoms with Crippen molar-refractivity contribution >= 4 is 22.8 Å². The molecule has 1 fully saturated rings. The van der Waals surface area contributed by atoms with Gasteiger partial charge in [0.2, 0.25) is 5.91 Å². The van der Waals surface area contributed by atoms with E-state index in [2.05, 4.69) is 21.6 Å². The maximum Gasteiger partial charge on any atom is 0.246 e. The van der Waals surface area contributed by atoms with E-state index in [-0.39, 0.29) is 11.9 Å². The summed E-state index contributed by atoms with van der Waals surface area (Å²) in [7, 11) is 1.65. The average Bonchev–Trinajstić information content (AvgIpc) is 3.37. The lowest BCUT2D eigenvalue weighted by Crippen LogP contribution is -2.40. The predicted molar refractivity (Wildman–Crippen MR) is 108 cm³/mol. The minimum atomic E-state index is -0.0695. The first-order chi connectivity index (χ1) is 14.1. The van der Waals surface area contributed by atoms with Gasteiger partial charge in [-0.15, -0.1) is 0 Å². The number of likely N-dealkylation sites (tertiary alicyclic amines) is 1. The van der Waals surface area contributed by atoms with Gasteiger partial charge in [-0.25, -0.2) is 14.6 Å². The molecule has 0 radical (unpaired) electrons. The van der Waals surface area contributed by atoms with Crippen LogP contribution in [0.4, 0.5) is 5.82 Å². The van der Waals surface area contributed by atoms with Gasteiger partial charge in [0.15, 0.2) is 5.65 Å². The van der Waals surface area contributed by atoms with E-state index in [1.54, 1.807) is 22.9 Å². The first-order valence-corrected chi connectivity index (χ1v) is 9.54. The fourth-order valence-electron chi connectivity index (χ4n) is 3.73. The first-order valence-electron chi connectivity index (χ1n) is 9.54. The number of hydrogen-bond donors (Lipinski definition) is 1. The third-order valence-electron chi connectivity index (χ3n) is 5.18. The quantitative estimate of drug-likeness (QED) is 0.624. The van der Waals surface area contributed by atoms with Crippen molar-refractivity contribution in [1.29, 1.82) is 0 Å². The number of aromatic nitrogens is 6. The van der Waals surface area contributed by atoms with Gasteiger partial charge in [0.05, 0.1) is 30.8 Å². The van der Waals surface area contributed by atoms with Crippen molar-refractivity contribution in [1.82, 2.24) is 34.4 Å². The van der Waals surface area contributed by atoms with Gasteiger partial charge in [-0.05, 0) is 18.9 Å². The third kappa shape index (κ3) is 3.58. The summed E-state index contributed by atoms with van der Waals surface area (Å²) in [5.41, 5.74) is 8.38. The molecule has 29 heavy (non-hydrogen) atoms. The second-order valence-electron chi connectivity index (χ2n) is 7.02. The lowest BCUT2D eigenvalue weighted by atomic mass is 10.1. The van der Waals surface area contributed by atoms with E-state index >= 15 is 0 Å². The summed E-state index contributed by atoms with van der Waals surface area (Å²) in [6, 6.07) is 0.00161. The summed E-state index contributed by atoms with van der Waals surface area (Å²) in [6.07, 6.45) is 8.24. The molecular formula is C19H24N8O2. The van der Waals surface area contributed by atoms with Gasteiger partial charge in [-0.1, -0.05) is 6.58 Å². The molecule has 0 spiro atoms. The van der Waals surface area contributed by atoms with E-state index in [1.165, 1.54) is 12.4 Å². The topological polar surface area (TPSA) is 117 Å². The normalized spacial score (nSPS) is 17.0. The molecule has 1 amide bonds. The number of fused-ring (bicyclic) bond motifs is 1. The minimum absolute atomic E-state index is 0.00161. The summed E-state index contributed by atoms with van der Waals surface area (Å²) >= 11 is 0. The van der Waals surface area contributed by atoms with Crippen molar-refractivity contribution in [2.75, 3.05) is 32.5 Å². The largest absolute Gasteiger partial charge is 0.383 e. The highest BCUT2D eigenvalue weighted by Gasteiger charge is 2.28. The molecule has 4 heterocycles. The number of methoxy groups -OCH3 is 1. The van der Waals surface area contributed by atoms with Crippen molar-refractivity contribution in [3.8, 4) is 11.3 Å². The van der Waals surface area contributed by atoms with E-state index in [4.69, 9.17) is 15.6 Å². The highest BCUT2D eigenvalue weighted by atomic mass is 16.5. The number of carbonyl (C=O) groups is 1. The Kier molecular flexibility index (Phi) is 5.26. The number of ether oxygens (including phenoxy) is 1. The van der Waals surface area contributed by atoms with Gasteiger partial charge in [-0.3, -0.25) is 9.48 Å². The number of hydrogen-bond acceptors (Lipinski definition) is 7. The number of anilines is 1. The Hall–Kier alpha value is -3.27. The zero-order chi connectivity index (χ0) is 20.4. The van der Waals surface area contributed by atoms with Gasteiger partial charge in [0.25, 0.3) is 0 Å². The smallest absolute Gasteiger partial charge is 0.246 e. The number of nitrogen functional groups attached to an aromatic ring is 1. The highest BCUT2D eigenvalue weighted by molar-refractivity contribution is 5.98. The molecule has 1 aliphatic rings. The second-order valence-corrected chi connectivity index (χ2v) is 7.02. The third-order valence-corrected chi connectivity index (χ3v) is 5.18. The zero-order valence-corrected chi connectivity index (χ0v) is 16.4. The molecule has 2 N–H and O–H groups in total.